The maximum atomic E-state index is 12.4. The van der Waals surface area contributed by atoms with Gasteiger partial charge < -0.3 is 5.32 Å². The van der Waals surface area contributed by atoms with E-state index < -0.39 is 12.5 Å². The summed E-state index contributed by atoms with van der Waals surface area (Å²) in [6.45, 7) is 0.688. The molecule has 0 radical (unpaired) electrons. The molecule has 0 unspecified atom stereocenters. The third kappa shape index (κ3) is 2.62. The lowest BCUT2D eigenvalue weighted by Gasteiger charge is -2.22. The lowest BCUT2D eigenvalue weighted by molar-refractivity contribution is -0.122. The zero-order valence-corrected chi connectivity index (χ0v) is 7.59. The molecule has 1 rings (SSSR count). The van der Waals surface area contributed by atoms with Crippen molar-refractivity contribution in [3.05, 3.63) is 0 Å². The van der Waals surface area contributed by atoms with Crippen molar-refractivity contribution in [2.45, 2.75) is 25.3 Å². The molecule has 1 aliphatic heterocycles. The summed E-state index contributed by atoms with van der Waals surface area (Å²) < 4.78 is 24.7. The van der Waals surface area contributed by atoms with Crippen LogP contribution in [0.2, 0.25) is 0 Å². The number of nitrogens with zero attached hydrogens (tertiary/aromatic N) is 1. The molecule has 3 nitrogen and oxygen atoms in total. The lowest BCUT2D eigenvalue weighted by Crippen LogP contribution is -2.41. The molecule has 1 aliphatic rings. The van der Waals surface area contributed by atoms with Gasteiger partial charge in [-0.05, 0) is 19.4 Å². The van der Waals surface area contributed by atoms with Gasteiger partial charge in [0.1, 0.15) is 0 Å². The zero-order valence-electron chi connectivity index (χ0n) is 7.59. The molecule has 76 valence electrons. The number of rotatable bonds is 3. The monoisotopic (exact) mass is 192 g/mol. The molecule has 0 aromatic heterocycles. The molecule has 1 amide bonds. The van der Waals surface area contributed by atoms with E-state index in [1.54, 1.807) is 4.90 Å². The van der Waals surface area contributed by atoms with Crippen molar-refractivity contribution in [1.82, 2.24) is 10.2 Å². The van der Waals surface area contributed by atoms with Crippen molar-refractivity contribution in [1.29, 1.82) is 0 Å². The van der Waals surface area contributed by atoms with E-state index in [9.17, 15) is 13.6 Å². The quantitative estimate of drug-likeness (QED) is 0.704. The third-order valence-corrected chi connectivity index (χ3v) is 2.33. The number of likely N-dealkylation sites (tertiary alicyclic amines) is 1. The molecular formula is C8H14F2N2O. The Kier molecular flexibility index (Phi) is 3.59. The Morgan fingerprint density at radius 3 is 2.92 bits per heavy atom. The van der Waals surface area contributed by atoms with E-state index in [2.05, 4.69) is 5.32 Å². The van der Waals surface area contributed by atoms with E-state index in [1.165, 1.54) is 7.05 Å². The molecule has 0 aromatic rings. The second-order valence-electron chi connectivity index (χ2n) is 3.19. The molecule has 0 spiro atoms. The maximum absolute atomic E-state index is 12.4. The number of hydrogen-bond donors (Lipinski definition) is 1. The summed E-state index contributed by atoms with van der Waals surface area (Å²) in [6, 6.07) is -0.725. The van der Waals surface area contributed by atoms with Crippen molar-refractivity contribution in [2.75, 3.05) is 20.1 Å². The SMILES string of the molecule is CNC(=O)CN1CCC[C@@H]1C(F)F. The summed E-state index contributed by atoms with van der Waals surface area (Å²) in [5.74, 6) is -0.201. The molecule has 0 aliphatic carbocycles. The molecule has 1 saturated heterocycles. The number of nitrogens with one attached hydrogen (secondary N) is 1. The Morgan fingerprint density at radius 2 is 2.38 bits per heavy atom. The smallest absolute Gasteiger partial charge is 0.253 e. The summed E-state index contributed by atoms with van der Waals surface area (Å²) in [4.78, 5) is 12.5. The average molecular weight is 192 g/mol. The normalized spacial score (nSPS) is 23.8. The van der Waals surface area contributed by atoms with Gasteiger partial charge >= 0.3 is 0 Å². The Bertz CT molecular complexity index is 187. The fraction of sp³-hybridized carbons (Fsp3) is 0.875. The number of halogens is 2. The van der Waals surface area contributed by atoms with Crippen LogP contribution in [0.3, 0.4) is 0 Å². The number of hydrogen-bond acceptors (Lipinski definition) is 2. The number of amides is 1. The number of likely N-dealkylation sites (N-methyl/N-ethyl adjacent to an activating group) is 1. The molecule has 0 saturated carbocycles. The summed E-state index contributed by atoms with van der Waals surface area (Å²) >= 11 is 0. The van der Waals surface area contributed by atoms with Crippen LogP contribution in [0.4, 0.5) is 8.78 Å². The summed E-state index contributed by atoms with van der Waals surface area (Å²) in [6.07, 6.45) is -1.09. The minimum absolute atomic E-state index is 0.0888. The highest BCUT2D eigenvalue weighted by molar-refractivity contribution is 5.77. The third-order valence-electron chi connectivity index (χ3n) is 2.33. The second-order valence-corrected chi connectivity index (χ2v) is 3.19. The Labute approximate surface area is 76.1 Å². The van der Waals surface area contributed by atoms with E-state index >= 15 is 0 Å². The van der Waals surface area contributed by atoms with Gasteiger partial charge in [-0.2, -0.15) is 0 Å². The van der Waals surface area contributed by atoms with E-state index in [0.717, 1.165) is 6.42 Å². The minimum atomic E-state index is -2.34. The predicted molar refractivity (Wildman–Crippen MR) is 44.7 cm³/mol. The van der Waals surface area contributed by atoms with Crippen LogP contribution in [0.5, 0.6) is 0 Å². The van der Waals surface area contributed by atoms with Crippen LogP contribution in [0.25, 0.3) is 0 Å². The van der Waals surface area contributed by atoms with Gasteiger partial charge in [0.25, 0.3) is 6.43 Å². The van der Waals surface area contributed by atoms with E-state index in [1.807, 2.05) is 0 Å². The first kappa shape index (κ1) is 10.4. The fourth-order valence-corrected chi connectivity index (χ4v) is 1.60. The maximum Gasteiger partial charge on any atom is 0.253 e. The fourth-order valence-electron chi connectivity index (χ4n) is 1.60. The number of carbonyl (C=O) groups excluding carboxylic acids is 1. The minimum Gasteiger partial charge on any atom is -0.358 e. The van der Waals surface area contributed by atoms with Crippen LogP contribution >= 0.6 is 0 Å². The topological polar surface area (TPSA) is 32.3 Å². The van der Waals surface area contributed by atoms with Crippen LogP contribution in [0.1, 0.15) is 12.8 Å². The van der Waals surface area contributed by atoms with Crippen LogP contribution in [0, 0.1) is 0 Å². The van der Waals surface area contributed by atoms with Crippen LogP contribution in [-0.2, 0) is 4.79 Å². The molecule has 1 N–H and O–H groups in total. The van der Waals surface area contributed by atoms with Gasteiger partial charge in [-0.15, -0.1) is 0 Å². The summed E-state index contributed by atoms with van der Waals surface area (Å²) in [5, 5.41) is 2.43. The Hall–Kier alpha value is -0.710. The summed E-state index contributed by atoms with van der Waals surface area (Å²) in [5.41, 5.74) is 0. The highest BCUT2D eigenvalue weighted by atomic mass is 19.3. The molecule has 0 aromatic carbocycles. The van der Waals surface area contributed by atoms with E-state index in [4.69, 9.17) is 0 Å². The zero-order chi connectivity index (χ0) is 9.84. The van der Waals surface area contributed by atoms with Crippen LogP contribution in [0.15, 0.2) is 0 Å². The van der Waals surface area contributed by atoms with E-state index in [-0.39, 0.29) is 12.5 Å². The highest BCUT2D eigenvalue weighted by Crippen LogP contribution is 2.22. The predicted octanol–water partition coefficient (Wildman–Crippen LogP) is 0.462. The van der Waals surface area contributed by atoms with Gasteiger partial charge in [-0.25, -0.2) is 8.78 Å². The van der Waals surface area contributed by atoms with Gasteiger partial charge in [0.2, 0.25) is 5.91 Å². The van der Waals surface area contributed by atoms with Crippen molar-refractivity contribution >= 4 is 5.91 Å². The average Bonchev–Trinajstić information content (AvgIpc) is 2.52. The van der Waals surface area contributed by atoms with Gasteiger partial charge in [0.15, 0.2) is 0 Å². The highest BCUT2D eigenvalue weighted by Gasteiger charge is 2.32. The van der Waals surface area contributed by atoms with Gasteiger partial charge in [0, 0.05) is 7.05 Å². The van der Waals surface area contributed by atoms with Crippen LogP contribution < -0.4 is 5.32 Å². The molecule has 1 heterocycles. The van der Waals surface area contributed by atoms with Gasteiger partial charge in [0.05, 0.1) is 12.6 Å². The molecular weight excluding hydrogens is 178 g/mol. The van der Waals surface area contributed by atoms with Crippen molar-refractivity contribution in [3.8, 4) is 0 Å². The first-order valence-electron chi connectivity index (χ1n) is 4.38. The number of alkyl halides is 2. The molecule has 5 heteroatoms. The van der Waals surface area contributed by atoms with Gasteiger partial charge in [-0.1, -0.05) is 0 Å². The van der Waals surface area contributed by atoms with Crippen LogP contribution in [-0.4, -0.2) is 43.4 Å². The number of carbonyl (C=O) groups is 1. The molecule has 0 bridgehead atoms. The van der Waals surface area contributed by atoms with Crippen molar-refractivity contribution < 1.29 is 13.6 Å². The largest absolute Gasteiger partial charge is 0.358 e. The van der Waals surface area contributed by atoms with E-state index in [0.29, 0.717) is 13.0 Å². The molecule has 1 atom stereocenters. The summed E-state index contributed by atoms with van der Waals surface area (Å²) in [7, 11) is 1.51. The first-order valence-corrected chi connectivity index (χ1v) is 4.38. The second kappa shape index (κ2) is 4.50. The standard InChI is InChI=1S/C8H14F2N2O/c1-11-7(13)5-12-4-2-3-6(12)8(9)10/h6,8H,2-5H2,1H3,(H,11,13)/t6-/m1/s1. The Morgan fingerprint density at radius 1 is 1.69 bits per heavy atom. The lowest BCUT2D eigenvalue weighted by atomic mass is 10.2. The van der Waals surface area contributed by atoms with Crippen molar-refractivity contribution in [2.24, 2.45) is 0 Å². The Balaban J connectivity index is 2.44. The molecule has 1 fully saturated rings. The van der Waals surface area contributed by atoms with Crippen molar-refractivity contribution in [3.63, 3.8) is 0 Å². The first-order chi connectivity index (χ1) is 6.15. The molecule has 13 heavy (non-hydrogen) atoms. The van der Waals surface area contributed by atoms with Gasteiger partial charge in [-0.3, -0.25) is 9.69 Å².